The van der Waals surface area contributed by atoms with Crippen LogP contribution in [0, 0.1) is 5.92 Å². The molecule has 43 heavy (non-hydrogen) atoms. The molecule has 4 N–H and O–H groups in total. The summed E-state index contributed by atoms with van der Waals surface area (Å²) in [6.07, 6.45) is 6.61. The van der Waals surface area contributed by atoms with E-state index < -0.39 is 5.60 Å². The highest BCUT2D eigenvalue weighted by molar-refractivity contribution is 5.99. The fourth-order valence-electron chi connectivity index (χ4n) is 6.63. The predicted octanol–water partition coefficient (Wildman–Crippen LogP) is 5.04. The molecule has 2 aromatic heterocycles. The van der Waals surface area contributed by atoms with Crippen LogP contribution in [-0.4, -0.2) is 77.1 Å². The molecule has 230 valence electrons. The van der Waals surface area contributed by atoms with Crippen LogP contribution in [0.25, 0.3) is 21.9 Å². The molecule has 1 saturated carbocycles. The number of carbonyl (C=O) groups is 1. The van der Waals surface area contributed by atoms with Crippen LogP contribution in [0.3, 0.4) is 0 Å². The Labute approximate surface area is 252 Å². The Morgan fingerprint density at radius 1 is 1.16 bits per heavy atom. The number of nitrogens with zero attached hydrogens (tertiary/aromatic N) is 1. The third kappa shape index (κ3) is 6.69. The van der Waals surface area contributed by atoms with E-state index in [1.54, 1.807) is 13.4 Å². The number of H-pyrrole nitrogens is 1. The Balaban J connectivity index is 1.01. The molecular weight excluding hydrogens is 546 g/mol. The second-order valence-electron chi connectivity index (χ2n) is 12.5. The smallest absolute Gasteiger partial charge is 0.267 e. The zero-order valence-electron chi connectivity index (χ0n) is 25.1. The van der Waals surface area contributed by atoms with Gasteiger partial charge in [0.1, 0.15) is 22.8 Å². The summed E-state index contributed by atoms with van der Waals surface area (Å²) in [5, 5.41) is 26.3. The number of ether oxygens (including phenoxy) is 2. The van der Waals surface area contributed by atoms with Crippen molar-refractivity contribution in [2.75, 3.05) is 33.4 Å². The van der Waals surface area contributed by atoms with Crippen molar-refractivity contribution in [3.63, 3.8) is 0 Å². The van der Waals surface area contributed by atoms with E-state index in [0.29, 0.717) is 31.6 Å². The summed E-state index contributed by atoms with van der Waals surface area (Å²) in [6, 6.07) is 13.5. The van der Waals surface area contributed by atoms with Crippen molar-refractivity contribution in [3.8, 4) is 11.5 Å². The number of rotatable bonds is 10. The fourth-order valence-corrected chi connectivity index (χ4v) is 6.63. The van der Waals surface area contributed by atoms with E-state index in [0.717, 1.165) is 84.3 Å². The Bertz CT molecular complexity index is 1550. The fraction of sp³-hybridized carbons (Fsp3) is 0.500. The topological polar surface area (TPSA) is 120 Å². The van der Waals surface area contributed by atoms with Crippen LogP contribution in [0.2, 0.25) is 0 Å². The molecule has 1 aliphatic heterocycles. The van der Waals surface area contributed by atoms with Crippen LogP contribution in [0.1, 0.15) is 61.5 Å². The van der Waals surface area contributed by atoms with Gasteiger partial charge in [0, 0.05) is 60.0 Å². The summed E-state index contributed by atoms with van der Waals surface area (Å²) >= 11 is 0. The highest BCUT2D eigenvalue weighted by Crippen LogP contribution is 2.33. The zero-order chi connectivity index (χ0) is 30.0. The van der Waals surface area contributed by atoms with Crippen molar-refractivity contribution >= 4 is 27.8 Å². The van der Waals surface area contributed by atoms with Gasteiger partial charge in [0.05, 0.1) is 31.7 Å². The van der Waals surface area contributed by atoms with Crippen molar-refractivity contribution in [2.24, 2.45) is 5.92 Å². The number of amides is 1. The molecule has 1 aliphatic carbocycles. The summed E-state index contributed by atoms with van der Waals surface area (Å²) in [5.74, 6) is 1.62. The number of fused-ring (bicyclic) bond motifs is 2. The average Bonchev–Trinajstić information content (AvgIpc) is 3.64. The monoisotopic (exact) mass is 589 g/mol. The molecule has 2 aromatic carbocycles. The maximum absolute atomic E-state index is 13.2. The van der Waals surface area contributed by atoms with E-state index >= 15 is 0 Å². The number of likely N-dealkylation sites (tertiary alicyclic amines) is 1. The molecule has 2 atom stereocenters. The molecule has 4 aromatic rings. The van der Waals surface area contributed by atoms with Crippen LogP contribution < -0.4 is 14.8 Å². The van der Waals surface area contributed by atoms with E-state index in [1.807, 2.05) is 42.5 Å². The van der Waals surface area contributed by atoms with Gasteiger partial charge in [0.25, 0.3) is 5.91 Å². The molecule has 9 nitrogen and oxygen atoms in total. The highest BCUT2D eigenvalue weighted by atomic mass is 16.5. The lowest BCUT2D eigenvalue weighted by Gasteiger charge is -2.39. The number of aliphatic hydroxyl groups excluding tert-OH is 1. The number of hydrogen-bond acceptors (Lipinski definition) is 7. The summed E-state index contributed by atoms with van der Waals surface area (Å²) in [7, 11) is 1.64. The van der Waals surface area contributed by atoms with E-state index in [-0.39, 0.29) is 24.0 Å². The van der Waals surface area contributed by atoms with Crippen molar-refractivity contribution < 1.29 is 28.9 Å². The predicted molar refractivity (Wildman–Crippen MR) is 166 cm³/mol. The molecule has 0 bridgehead atoms. The molecule has 0 unspecified atom stereocenters. The van der Waals surface area contributed by atoms with Gasteiger partial charge in [-0.05, 0) is 74.8 Å². The lowest BCUT2D eigenvalue weighted by Crippen LogP contribution is -2.47. The van der Waals surface area contributed by atoms with E-state index in [9.17, 15) is 15.0 Å². The first-order valence-electron chi connectivity index (χ1n) is 15.5. The number of nitrogens with one attached hydrogen (secondary N) is 2. The van der Waals surface area contributed by atoms with E-state index in [2.05, 4.69) is 22.1 Å². The second kappa shape index (κ2) is 12.6. The lowest BCUT2D eigenvalue weighted by atomic mass is 9.80. The average molecular weight is 590 g/mol. The second-order valence-corrected chi connectivity index (χ2v) is 12.5. The number of aromatic nitrogens is 1. The SMILES string of the molecule is COc1ccc2c(CCOc3cccc4[nH]c(C(=O)N[C@H]5CC[C@](O)(CCN6CC[C@H](O)[C@@H](C)C6)CC5)cc34)coc2c1. The first kappa shape index (κ1) is 29.5. The molecule has 0 spiro atoms. The van der Waals surface area contributed by atoms with Gasteiger partial charge in [-0.25, -0.2) is 0 Å². The van der Waals surface area contributed by atoms with Crippen molar-refractivity contribution in [3.05, 3.63) is 60.0 Å². The maximum atomic E-state index is 13.2. The summed E-state index contributed by atoms with van der Waals surface area (Å²) < 4.78 is 17.2. The number of benzene rings is 2. The molecule has 2 fully saturated rings. The van der Waals surface area contributed by atoms with Gasteiger partial charge in [-0.1, -0.05) is 13.0 Å². The Morgan fingerprint density at radius 2 is 2.00 bits per heavy atom. The summed E-state index contributed by atoms with van der Waals surface area (Å²) in [5.41, 5.74) is 2.51. The van der Waals surface area contributed by atoms with Crippen molar-refractivity contribution in [2.45, 2.75) is 69.6 Å². The molecule has 9 heteroatoms. The van der Waals surface area contributed by atoms with Gasteiger partial charge >= 0.3 is 0 Å². The molecular formula is C34H43N3O6. The minimum absolute atomic E-state index is 0.0322. The maximum Gasteiger partial charge on any atom is 0.267 e. The molecule has 6 rings (SSSR count). The molecule has 2 aliphatic rings. The van der Waals surface area contributed by atoms with E-state index in [4.69, 9.17) is 13.9 Å². The summed E-state index contributed by atoms with van der Waals surface area (Å²) in [6.45, 7) is 5.16. The third-order valence-electron chi connectivity index (χ3n) is 9.45. The Hall–Kier alpha value is -3.53. The molecule has 0 radical (unpaired) electrons. The Morgan fingerprint density at radius 3 is 2.79 bits per heavy atom. The van der Waals surface area contributed by atoms with Gasteiger partial charge in [-0.2, -0.15) is 0 Å². The number of carbonyl (C=O) groups excluding carboxylic acids is 1. The van der Waals surface area contributed by atoms with Crippen LogP contribution in [0.5, 0.6) is 11.5 Å². The normalized spacial score (nSPS) is 24.8. The number of aliphatic hydroxyl groups is 2. The highest BCUT2D eigenvalue weighted by Gasteiger charge is 2.35. The number of aromatic amines is 1. The molecule has 1 amide bonds. The largest absolute Gasteiger partial charge is 0.497 e. The van der Waals surface area contributed by atoms with Crippen LogP contribution >= 0.6 is 0 Å². The number of furan rings is 1. The quantitative estimate of drug-likeness (QED) is 0.205. The number of methoxy groups -OCH3 is 1. The van der Waals surface area contributed by atoms with Crippen molar-refractivity contribution in [1.29, 1.82) is 0 Å². The van der Waals surface area contributed by atoms with E-state index in [1.165, 1.54) is 0 Å². The lowest BCUT2D eigenvalue weighted by molar-refractivity contribution is -0.0272. The zero-order valence-corrected chi connectivity index (χ0v) is 25.1. The minimum Gasteiger partial charge on any atom is -0.497 e. The van der Waals surface area contributed by atoms with Gasteiger partial charge in [-0.3, -0.25) is 4.79 Å². The third-order valence-corrected chi connectivity index (χ3v) is 9.45. The van der Waals surface area contributed by atoms with Gasteiger partial charge in [0.2, 0.25) is 0 Å². The first-order valence-corrected chi connectivity index (χ1v) is 15.5. The number of hydrogen-bond donors (Lipinski definition) is 4. The first-order chi connectivity index (χ1) is 20.8. The van der Waals surface area contributed by atoms with Gasteiger partial charge in [-0.15, -0.1) is 0 Å². The standard InChI is InChI=1S/C34H43N3O6/c1-22-20-37(15-10-30(22)38)16-14-34(40)12-8-24(9-13-34)35-33(39)29-19-27-28(36-29)4-3-5-31(27)42-17-11-23-21-43-32-18-25(41-2)6-7-26(23)32/h3-7,18-19,21-22,24,30,36,38,40H,8-17,20H2,1-2H3,(H,35,39)/t22-,24-,30-,34+/m0/s1. The van der Waals surface area contributed by atoms with Crippen molar-refractivity contribution in [1.82, 2.24) is 15.2 Å². The summed E-state index contributed by atoms with van der Waals surface area (Å²) in [4.78, 5) is 18.8. The van der Waals surface area contributed by atoms with Crippen LogP contribution in [-0.2, 0) is 6.42 Å². The van der Waals surface area contributed by atoms with Crippen LogP contribution in [0.15, 0.2) is 53.1 Å². The van der Waals surface area contributed by atoms with Gasteiger partial charge in [0.15, 0.2) is 0 Å². The van der Waals surface area contributed by atoms with Gasteiger partial charge < -0.3 is 39.3 Å². The Kier molecular flexibility index (Phi) is 8.66. The minimum atomic E-state index is -0.691. The molecule has 3 heterocycles. The van der Waals surface area contributed by atoms with Crippen LogP contribution in [0.4, 0.5) is 0 Å². The number of piperidine rings is 1. The molecule has 1 saturated heterocycles.